The zero-order valence-corrected chi connectivity index (χ0v) is 7.72. The Hall–Kier alpha value is -1.41. The van der Waals surface area contributed by atoms with Gasteiger partial charge in [-0.1, -0.05) is 0 Å². The molecule has 0 aliphatic heterocycles. The Balaban J connectivity index is 3.43. The molecule has 0 aliphatic rings. The second kappa shape index (κ2) is 4.20. The van der Waals surface area contributed by atoms with Crippen molar-refractivity contribution in [2.24, 2.45) is 0 Å². The van der Waals surface area contributed by atoms with Gasteiger partial charge < -0.3 is 5.73 Å². The van der Waals surface area contributed by atoms with Gasteiger partial charge in [0.1, 0.15) is 11.9 Å². The topological polar surface area (TPSA) is 62.7 Å². The lowest BCUT2D eigenvalue weighted by atomic mass is 10.1. The molecule has 74 valence electrons. The molecule has 0 saturated heterocycles. The van der Waals surface area contributed by atoms with Crippen LogP contribution in [-0.4, -0.2) is 4.98 Å². The van der Waals surface area contributed by atoms with E-state index in [1.54, 1.807) is 6.07 Å². The summed E-state index contributed by atoms with van der Waals surface area (Å²) >= 11 is 5.48. The predicted octanol–water partition coefficient (Wildman–Crippen LogP) is 2.21. The van der Waals surface area contributed by atoms with Gasteiger partial charge in [0.05, 0.1) is 17.0 Å². The van der Waals surface area contributed by atoms with Crippen molar-refractivity contribution < 1.29 is 8.78 Å². The van der Waals surface area contributed by atoms with E-state index < -0.39 is 12.0 Å². The van der Waals surface area contributed by atoms with E-state index in [-0.39, 0.29) is 22.8 Å². The van der Waals surface area contributed by atoms with E-state index in [9.17, 15) is 8.78 Å². The predicted molar refractivity (Wildman–Crippen MR) is 47.9 cm³/mol. The molecule has 1 aromatic heterocycles. The van der Waals surface area contributed by atoms with Crippen LogP contribution in [0.3, 0.4) is 0 Å². The van der Waals surface area contributed by atoms with E-state index in [1.807, 2.05) is 0 Å². The van der Waals surface area contributed by atoms with Crippen LogP contribution in [0.25, 0.3) is 0 Å². The van der Waals surface area contributed by atoms with E-state index in [0.717, 1.165) is 6.20 Å². The first-order chi connectivity index (χ1) is 6.61. The number of nitrogens with two attached hydrogens (primary N) is 1. The van der Waals surface area contributed by atoms with Gasteiger partial charge in [-0.3, -0.25) is 0 Å². The van der Waals surface area contributed by atoms with Gasteiger partial charge in [0.25, 0.3) is 6.43 Å². The number of aromatic nitrogens is 1. The highest BCUT2D eigenvalue weighted by atomic mass is 35.5. The summed E-state index contributed by atoms with van der Waals surface area (Å²) in [6, 6.07) is 1.65. The number of hydrogen-bond acceptors (Lipinski definition) is 3. The van der Waals surface area contributed by atoms with Gasteiger partial charge in [-0.15, -0.1) is 11.6 Å². The second-order valence-corrected chi connectivity index (χ2v) is 2.77. The first-order valence-corrected chi connectivity index (χ1v) is 4.16. The van der Waals surface area contributed by atoms with Gasteiger partial charge >= 0.3 is 0 Å². The van der Waals surface area contributed by atoms with Crippen LogP contribution in [0.15, 0.2) is 6.20 Å². The summed E-state index contributed by atoms with van der Waals surface area (Å²) in [6.07, 6.45) is -1.85. The van der Waals surface area contributed by atoms with Crippen LogP contribution < -0.4 is 5.73 Å². The average Bonchev–Trinajstić information content (AvgIpc) is 2.16. The zero-order chi connectivity index (χ0) is 10.7. The molecule has 6 heteroatoms. The van der Waals surface area contributed by atoms with Crippen molar-refractivity contribution in [2.45, 2.75) is 12.3 Å². The Morgan fingerprint density at radius 3 is 2.71 bits per heavy atom. The van der Waals surface area contributed by atoms with Gasteiger partial charge in [0.2, 0.25) is 0 Å². The molecule has 0 aliphatic carbocycles. The number of alkyl halides is 3. The molecule has 0 aromatic carbocycles. The maximum absolute atomic E-state index is 12.4. The summed E-state index contributed by atoms with van der Waals surface area (Å²) < 4.78 is 24.8. The molecule has 0 spiro atoms. The fraction of sp³-hybridized carbons (Fsp3) is 0.250. The van der Waals surface area contributed by atoms with E-state index in [2.05, 4.69) is 4.98 Å². The van der Waals surface area contributed by atoms with E-state index in [1.165, 1.54) is 0 Å². The number of nitrogens with zero attached hydrogens (tertiary/aromatic N) is 2. The number of halogens is 3. The summed E-state index contributed by atoms with van der Waals surface area (Å²) in [5.41, 5.74) is 4.93. The molecule has 0 atom stereocenters. The van der Waals surface area contributed by atoms with Crippen LogP contribution >= 0.6 is 11.6 Å². The van der Waals surface area contributed by atoms with E-state index in [0.29, 0.717) is 0 Å². The monoisotopic (exact) mass is 217 g/mol. The number of hydrogen-bond donors (Lipinski definition) is 1. The maximum atomic E-state index is 12.4. The number of nitrogen functional groups attached to an aromatic ring is 1. The van der Waals surface area contributed by atoms with E-state index in [4.69, 9.17) is 22.6 Å². The van der Waals surface area contributed by atoms with Gasteiger partial charge in [-0.05, 0) is 0 Å². The molecular weight excluding hydrogens is 212 g/mol. The molecule has 0 amide bonds. The largest absolute Gasteiger partial charge is 0.383 e. The Kier molecular flexibility index (Phi) is 3.20. The first kappa shape index (κ1) is 10.7. The number of nitriles is 1. The van der Waals surface area contributed by atoms with Gasteiger partial charge in [0.15, 0.2) is 0 Å². The highest BCUT2D eigenvalue weighted by Gasteiger charge is 2.18. The molecule has 0 bridgehead atoms. The number of rotatable bonds is 2. The van der Waals surface area contributed by atoms with Crippen molar-refractivity contribution in [3.63, 3.8) is 0 Å². The molecule has 3 nitrogen and oxygen atoms in total. The van der Waals surface area contributed by atoms with Crippen molar-refractivity contribution >= 4 is 17.4 Å². The summed E-state index contributed by atoms with van der Waals surface area (Å²) in [5, 5.41) is 8.68. The molecule has 0 unspecified atom stereocenters. The maximum Gasteiger partial charge on any atom is 0.266 e. The van der Waals surface area contributed by atoms with Gasteiger partial charge in [0, 0.05) is 11.8 Å². The Morgan fingerprint density at radius 2 is 2.29 bits per heavy atom. The summed E-state index contributed by atoms with van der Waals surface area (Å²) in [7, 11) is 0. The Morgan fingerprint density at radius 1 is 1.64 bits per heavy atom. The van der Waals surface area contributed by atoms with Crippen molar-refractivity contribution in [1.29, 1.82) is 5.26 Å². The third-order valence-corrected chi connectivity index (χ3v) is 1.99. The van der Waals surface area contributed by atoms with Crippen LogP contribution in [-0.2, 0) is 5.88 Å². The molecule has 0 fully saturated rings. The quantitative estimate of drug-likeness (QED) is 0.773. The molecule has 1 heterocycles. The van der Waals surface area contributed by atoms with Crippen molar-refractivity contribution in [3.8, 4) is 6.07 Å². The summed E-state index contributed by atoms with van der Waals surface area (Å²) in [4.78, 5) is 3.54. The summed E-state index contributed by atoms with van der Waals surface area (Å²) in [6.45, 7) is 0. The Labute approximate surface area is 84.1 Å². The molecule has 0 radical (unpaired) electrons. The third kappa shape index (κ3) is 1.75. The fourth-order valence-corrected chi connectivity index (χ4v) is 1.29. The zero-order valence-electron chi connectivity index (χ0n) is 6.97. The number of anilines is 1. The van der Waals surface area contributed by atoms with Crippen LogP contribution in [0.1, 0.15) is 23.1 Å². The molecular formula is C8H6ClF2N3. The highest BCUT2D eigenvalue weighted by Crippen LogP contribution is 2.27. The molecule has 2 N–H and O–H groups in total. The smallest absolute Gasteiger partial charge is 0.266 e. The molecule has 14 heavy (non-hydrogen) atoms. The minimum absolute atomic E-state index is 0.0148. The van der Waals surface area contributed by atoms with Gasteiger partial charge in [-0.25, -0.2) is 13.8 Å². The lowest BCUT2D eigenvalue weighted by molar-refractivity contribution is 0.150. The highest BCUT2D eigenvalue weighted by molar-refractivity contribution is 6.17. The third-order valence-electron chi connectivity index (χ3n) is 1.72. The molecule has 0 saturated carbocycles. The fourth-order valence-electron chi connectivity index (χ4n) is 1.02. The van der Waals surface area contributed by atoms with Crippen molar-refractivity contribution in [2.75, 3.05) is 5.73 Å². The minimum atomic E-state index is -2.75. The Bertz CT molecular complexity index is 387. The van der Waals surface area contributed by atoms with Crippen LogP contribution in [0.5, 0.6) is 0 Å². The van der Waals surface area contributed by atoms with E-state index >= 15 is 0 Å². The van der Waals surface area contributed by atoms with Crippen LogP contribution in [0.4, 0.5) is 14.6 Å². The molecule has 1 aromatic rings. The number of pyridine rings is 1. The van der Waals surface area contributed by atoms with Crippen LogP contribution in [0, 0.1) is 11.3 Å². The lowest BCUT2D eigenvalue weighted by Crippen LogP contribution is -2.03. The van der Waals surface area contributed by atoms with Crippen molar-refractivity contribution in [1.82, 2.24) is 4.98 Å². The standard InChI is InChI=1S/C8H6ClF2N3/c9-1-4-5(2-12)6(7(10)11)3-14-8(4)13/h3,7H,1H2,(H2,13,14). The average molecular weight is 218 g/mol. The first-order valence-electron chi connectivity index (χ1n) is 3.63. The SMILES string of the molecule is N#Cc1c(C(F)F)cnc(N)c1CCl. The lowest BCUT2D eigenvalue weighted by Gasteiger charge is -2.07. The minimum Gasteiger partial charge on any atom is -0.383 e. The van der Waals surface area contributed by atoms with Crippen molar-refractivity contribution in [3.05, 3.63) is 22.9 Å². The second-order valence-electron chi connectivity index (χ2n) is 2.50. The van der Waals surface area contributed by atoms with Gasteiger partial charge in [-0.2, -0.15) is 5.26 Å². The summed E-state index contributed by atoms with van der Waals surface area (Å²) in [5.74, 6) is -0.0941. The van der Waals surface area contributed by atoms with Crippen LogP contribution in [0.2, 0.25) is 0 Å². The normalized spacial score (nSPS) is 10.2. The molecule has 1 rings (SSSR count).